The Labute approximate surface area is 125 Å². The van der Waals surface area contributed by atoms with E-state index in [0.29, 0.717) is 11.0 Å². The van der Waals surface area contributed by atoms with Gasteiger partial charge in [-0.25, -0.2) is 9.78 Å². The molecule has 2 rings (SSSR count). The topological polar surface area (TPSA) is 86.2 Å². The fourth-order valence-corrected chi connectivity index (χ4v) is 1.73. The van der Waals surface area contributed by atoms with E-state index in [4.69, 9.17) is 10.5 Å². The summed E-state index contributed by atoms with van der Waals surface area (Å²) in [7, 11) is 0. The van der Waals surface area contributed by atoms with Crippen LogP contribution in [0.1, 0.15) is 12.6 Å². The minimum absolute atomic E-state index is 0. The molecule has 0 saturated heterocycles. The number of rotatable bonds is 2. The van der Waals surface area contributed by atoms with Crippen molar-refractivity contribution in [2.45, 2.75) is 6.92 Å². The predicted molar refractivity (Wildman–Crippen MR) is 68.9 cm³/mol. The van der Waals surface area contributed by atoms with E-state index in [9.17, 15) is 9.59 Å². The number of aromatic nitrogens is 2. The number of anilines is 1. The third-order valence-electron chi connectivity index (χ3n) is 2.51. The van der Waals surface area contributed by atoms with Crippen LogP contribution in [0.5, 0.6) is 0 Å². The van der Waals surface area contributed by atoms with E-state index < -0.39 is 6.09 Å². The maximum atomic E-state index is 12.0. The summed E-state index contributed by atoms with van der Waals surface area (Å²) in [5.41, 5.74) is 7.09. The maximum Gasteiger partial charge on any atom is 0.512 e. The SMILES string of the molecule is CCOC(=O)[n+]1c(N)c(C=C=O)nc2ccccc21.[Br-]. The lowest BCUT2D eigenvalue weighted by molar-refractivity contribution is -0.543. The van der Waals surface area contributed by atoms with Gasteiger partial charge in [-0.05, 0) is 19.1 Å². The number of benzene rings is 1. The highest BCUT2D eigenvalue weighted by Crippen LogP contribution is 2.13. The Bertz CT molecular complexity index is 697. The fourth-order valence-electron chi connectivity index (χ4n) is 1.73. The molecule has 20 heavy (non-hydrogen) atoms. The minimum Gasteiger partial charge on any atom is -1.00 e. The molecule has 0 aliphatic heterocycles. The number of nitrogens with zero attached hydrogens (tertiary/aromatic N) is 2. The zero-order valence-corrected chi connectivity index (χ0v) is 12.3. The Morgan fingerprint density at radius 3 is 2.85 bits per heavy atom. The third-order valence-corrected chi connectivity index (χ3v) is 2.51. The summed E-state index contributed by atoms with van der Waals surface area (Å²) in [6, 6.07) is 6.94. The molecule has 7 heteroatoms. The molecule has 1 heterocycles. The lowest BCUT2D eigenvalue weighted by atomic mass is 10.2. The van der Waals surface area contributed by atoms with Gasteiger partial charge in [0.25, 0.3) is 0 Å². The summed E-state index contributed by atoms with van der Waals surface area (Å²) in [5.74, 6) is 1.65. The monoisotopic (exact) mass is 337 g/mol. The van der Waals surface area contributed by atoms with Crippen LogP contribution in [-0.4, -0.2) is 23.6 Å². The zero-order chi connectivity index (χ0) is 13.8. The van der Waals surface area contributed by atoms with Crippen molar-refractivity contribution in [3.8, 4) is 0 Å². The normalized spacial score (nSPS) is 9.45. The van der Waals surface area contributed by atoms with Gasteiger partial charge in [0, 0.05) is 0 Å². The van der Waals surface area contributed by atoms with Crippen molar-refractivity contribution >= 4 is 35.0 Å². The molecule has 1 aromatic heterocycles. The van der Waals surface area contributed by atoms with E-state index in [-0.39, 0.29) is 35.1 Å². The summed E-state index contributed by atoms with van der Waals surface area (Å²) in [6.07, 6.45) is 0.469. The van der Waals surface area contributed by atoms with Gasteiger partial charge in [0.05, 0.1) is 12.7 Å². The van der Waals surface area contributed by atoms with Crippen LogP contribution in [-0.2, 0) is 9.53 Å². The molecule has 6 nitrogen and oxygen atoms in total. The van der Waals surface area contributed by atoms with Crippen molar-refractivity contribution in [2.75, 3.05) is 12.3 Å². The fraction of sp³-hybridized carbons (Fsp3) is 0.154. The summed E-state index contributed by atoms with van der Waals surface area (Å²) < 4.78 is 6.14. The smallest absolute Gasteiger partial charge is 0.512 e. The van der Waals surface area contributed by atoms with Crippen molar-refractivity contribution in [3.63, 3.8) is 0 Å². The molecule has 0 radical (unpaired) electrons. The van der Waals surface area contributed by atoms with Crippen molar-refractivity contribution in [1.82, 2.24) is 4.98 Å². The van der Waals surface area contributed by atoms with E-state index in [2.05, 4.69) is 4.98 Å². The first-order valence-electron chi connectivity index (χ1n) is 5.67. The van der Waals surface area contributed by atoms with Crippen LogP contribution in [0, 0.1) is 0 Å². The second kappa shape index (κ2) is 6.79. The van der Waals surface area contributed by atoms with Gasteiger partial charge < -0.3 is 21.7 Å². The Balaban J connectivity index is 0.00000200. The number of fused-ring (bicyclic) bond motifs is 1. The van der Waals surface area contributed by atoms with E-state index in [1.807, 2.05) is 0 Å². The molecule has 0 aliphatic rings. The van der Waals surface area contributed by atoms with E-state index in [1.54, 1.807) is 37.1 Å². The molecule has 0 atom stereocenters. The van der Waals surface area contributed by atoms with Crippen LogP contribution in [0.3, 0.4) is 0 Å². The number of hydrogen-bond acceptors (Lipinski definition) is 5. The molecule has 1 aromatic carbocycles. The van der Waals surface area contributed by atoms with Crippen LogP contribution >= 0.6 is 0 Å². The number of ether oxygens (including phenoxy) is 1. The molecular formula is C13H12BrN3O3. The summed E-state index contributed by atoms with van der Waals surface area (Å²) in [5, 5.41) is 0. The molecule has 0 bridgehead atoms. The lowest BCUT2D eigenvalue weighted by Gasteiger charge is -2.06. The summed E-state index contributed by atoms with van der Waals surface area (Å²) >= 11 is 0. The average Bonchev–Trinajstić information content (AvgIpc) is 2.40. The lowest BCUT2D eigenvalue weighted by Crippen LogP contribution is -3.00. The Morgan fingerprint density at radius 1 is 1.50 bits per heavy atom. The zero-order valence-electron chi connectivity index (χ0n) is 10.7. The highest BCUT2D eigenvalue weighted by Gasteiger charge is 2.23. The number of nitrogen functional groups attached to an aromatic ring is 1. The van der Waals surface area contributed by atoms with Gasteiger partial charge in [0.15, 0.2) is 11.2 Å². The van der Waals surface area contributed by atoms with Gasteiger partial charge in [0.1, 0.15) is 11.5 Å². The molecule has 0 amide bonds. The van der Waals surface area contributed by atoms with Gasteiger partial charge in [-0.15, -0.1) is 4.57 Å². The van der Waals surface area contributed by atoms with E-state index >= 15 is 0 Å². The first-order valence-corrected chi connectivity index (χ1v) is 5.67. The van der Waals surface area contributed by atoms with Gasteiger partial charge in [-0.2, -0.15) is 4.79 Å². The summed E-state index contributed by atoms with van der Waals surface area (Å²) in [6.45, 7) is 1.92. The molecular weight excluding hydrogens is 326 g/mol. The highest BCUT2D eigenvalue weighted by molar-refractivity contribution is 5.82. The quantitative estimate of drug-likeness (QED) is 0.504. The van der Waals surface area contributed by atoms with Crippen molar-refractivity contribution in [2.24, 2.45) is 0 Å². The molecule has 0 aliphatic carbocycles. The molecule has 0 unspecified atom stereocenters. The van der Waals surface area contributed by atoms with Crippen molar-refractivity contribution in [1.29, 1.82) is 0 Å². The number of nitrogens with two attached hydrogens (primary N) is 1. The Hall–Kier alpha value is -2.24. The molecule has 2 N–H and O–H groups in total. The van der Waals surface area contributed by atoms with Crippen molar-refractivity contribution in [3.05, 3.63) is 30.0 Å². The number of halogens is 1. The molecule has 2 aromatic rings. The molecule has 104 valence electrons. The predicted octanol–water partition coefficient (Wildman–Crippen LogP) is -2.04. The van der Waals surface area contributed by atoms with Crippen LogP contribution in [0.4, 0.5) is 10.6 Å². The number of hydrogen-bond donors (Lipinski definition) is 1. The second-order valence-electron chi connectivity index (χ2n) is 3.67. The van der Waals surface area contributed by atoms with Gasteiger partial charge >= 0.3 is 11.9 Å². The number of para-hydroxylation sites is 2. The van der Waals surface area contributed by atoms with Crippen LogP contribution in [0.2, 0.25) is 0 Å². The number of carbonyl (C=O) groups excluding carboxylic acids is 2. The second-order valence-corrected chi connectivity index (χ2v) is 3.67. The largest absolute Gasteiger partial charge is 1.00 e. The number of carbonyl (C=O) groups is 1. The van der Waals surface area contributed by atoms with Crippen LogP contribution in [0.25, 0.3) is 17.1 Å². The van der Waals surface area contributed by atoms with Gasteiger partial charge in [-0.3, -0.25) is 5.73 Å². The summed E-state index contributed by atoms with van der Waals surface area (Å²) in [4.78, 5) is 26.6. The maximum absolute atomic E-state index is 12.0. The first-order chi connectivity index (χ1) is 9.19. The van der Waals surface area contributed by atoms with Gasteiger partial charge in [-0.1, -0.05) is 12.1 Å². The standard InChI is InChI=1S/C13H11N3O3.BrH/c1-2-19-13(18)16-11-6-4-3-5-9(11)15-10(7-8-17)12(16)14;/h3-7,14H,2H2,1H3;1H. The van der Waals surface area contributed by atoms with Crippen molar-refractivity contribution < 1.29 is 35.9 Å². The molecule has 0 spiro atoms. The molecule has 0 saturated carbocycles. The van der Waals surface area contributed by atoms with Crippen LogP contribution in [0.15, 0.2) is 24.3 Å². The highest BCUT2D eigenvalue weighted by atomic mass is 79.9. The third kappa shape index (κ3) is 2.84. The Morgan fingerprint density at radius 2 is 2.20 bits per heavy atom. The van der Waals surface area contributed by atoms with Gasteiger partial charge in [0.2, 0.25) is 0 Å². The first kappa shape index (κ1) is 15.8. The van der Waals surface area contributed by atoms with E-state index in [1.165, 1.54) is 4.57 Å². The minimum atomic E-state index is -0.612. The van der Waals surface area contributed by atoms with E-state index in [0.717, 1.165) is 6.08 Å². The van der Waals surface area contributed by atoms with Crippen LogP contribution < -0.4 is 27.3 Å². The average molecular weight is 338 g/mol. The molecule has 0 fully saturated rings. The Kier molecular flexibility index (Phi) is 5.37.